The van der Waals surface area contributed by atoms with Crippen molar-refractivity contribution in [2.24, 2.45) is 0 Å². The fourth-order valence-corrected chi connectivity index (χ4v) is 3.09. The van der Waals surface area contributed by atoms with Crippen LogP contribution in [-0.2, 0) is 0 Å². The van der Waals surface area contributed by atoms with E-state index in [1.54, 1.807) is 0 Å². The molecule has 1 saturated heterocycles. The molecule has 2 atom stereocenters. The summed E-state index contributed by atoms with van der Waals surface area (Å²) in [5.74, 6) is 1.30. The Morgan fingerprint density at radius 2 is 1.79 bits per heavy atom. The van der Waals surface area contributed by atoms with Crippen LogP contribution < -0.4 is 0 Å². The van der Waals surface area contributed by atoms with E-state index in [0.29, 0.717) is 24.2 Å². The average Bonchev–Trinajstić information content (AvgIpc) is 3.12. The smallest absolute Gasteiger partial charge is 0.244 e. The van der Waals surface area contributed by atoms with Crippen LogP contribution in [0.3, 0.4) is 0 Å². The Morgan fingerprint density at radius 1 is 1.12 bits per heavy atom. The van der Waals surface area contributed by atoms with E-state index in [1.807, 2.05) is 30.3 Å². The molecule has 0 spiro atoms. The minimum atomic E-state index is 0.100. The molecule has 0 saturated carbocycles. The predicted molar refractivity (Wildman–Crippen MR) is 91.0 cm³/mol. The molecule has 0 unspecified atom stereocenters. The van der Waals surface area contributed by atoms with E-state index >= 15 is 0 Å². The van der Waals surface area contributed by atoms with Crippen LogP contribution in [0.5, 0.6) is 0 Å². The number of hydrogen-bond donors (Lipinski definition) is 0. The number of hydrogen-bond acceptors (Lipinski definition) is 6. The summed E-state index contributed by atoms with van der Waals surface area (Å²) < 4.78 is 5.49. The third-order valence-electron chi connectivity index (χ3n) is 4.74. The molecule has 6 heteroatoms. The maximum absolute atomic E-state index is 8.84. The normalized spacial score (nSPS) is 18.9. The monoisotopic (exact) mass is 325 g/mol. The van der Waals surface area contributed by atoms with Gasteiger partial charge in [-0.3, -0.25) is 9.80 Å². The van der Waals surface area contributed by atoms with Crippen LogP contribution in [-0.4, -0.2) is 52.2 Å². The molecule has 0 radical (unpaired) electrons. The number of nitrogens with zero attached hydrogens (tertiary/aromatic N) is 5. The molecular weight excluding hydrogens is 302 g/mol. The number of rotatable bonds is 5. The fraction of sp³-hybridized carbons (Fsp3) is 0.500. The Kier molecular flexibility index (Phi) is 5.24. The number of nitriles is 1. The summed E-state index contributed by atoms with van der Waals surface area (Å²) in [7, 11) is 0. The lowest BCUT2D eigenvalue weighted by atomic mass is 10.1. The summed E-state index contributed by atoms with van der Waals surface area (Å²) in [5, 5.41) is 12.9. The zero-order valence-electron chi connectivity index (χ0n) is 14.2. The third kappa shape index (κ3) is 3.64. The Bertz CT molecular complexity index is 685. The van der Waals surface area contributed by atoms with Crippen molar-refractivity contribution in [3.05, 3.63) is 36.2 Å². The number of piperazine rings is 1. The van der Waals surface area contributed by atoms with E-state index in [9.17, 15) is 0 Å². The van der Waals surface area contributed by atoms with Gasteiger partial charge in [-0.1, -0.05) is 35.5 Å². The Hall–Kier alpha value is -2.23. The molecule has 3 rings (SSSR count). The molecular formula is C18H23N5O. The number of aromatic nitrogens is 2. The van der Waals surface area contributed by atoms with Gasteiger partial charge >= 0.3 is 0 Å². The lowest BCUT2D eigenvalue weighted by Gasteiger charge is -2.39. The van der Waals surface area contributed by atoms with Crippen molar-refractivity contribution in [1.29, 1.82) is 5.26 Å². The molecule has 1 aromatic carbocycles. The van der Waals surface area contributed by atoms with Crippen molar-refractivity contribution in [2.45, 2.75) is 32.4 Å². The van der Waals surface area contributed by atoms with Gasteiger partial charge in [-0.25, -0.2) is 0 Å². The first-order valence-corrected chi connectivity index (χ1v) is 8.43. The molecule has 2 aromatic rings. The van der Waals surface area contributed by atoms with Crippen molar-refractivity contribution < 1.29 is 4.52 Å². The predicted octanol–water partition coefficient (Wildman–Crippen LogP) is 2.72. The van der Waals surface area contributed by atoms with Gasteiger partial charge in [0, 0.05) is 37.8 Å². The highest BCUT2D eigenvalue weighted by Gasteiger charge is 2.27. The van der Waals surface area contributed by atoms with Gasteiger partial charge in [-0.15, -0.1) is 0 Å². The molecule has 1 fully saturated rings. The standard InChI is InChI=1S/C18H23N5O/c1-14(8-9-19)22-10-12-23(13-11-22)15(2)18-20-17(21-24-18)16-6-4-3-5-7-16/h3-7,14-15H,8,10-13H2,1-2H3/t14-,15+/m1/s1. The lowest BCUT2D eigenvalue weighted by Crippen LogP contribution is -2.50. The highest BCUT2D eigenvalue weighted by molar-refractivity contribution is 5.53. The highest BCUT2D eigenvalue weighted by Crippen LogP contribution is 2.23. The van der Waals surface area contributed by atoms with Gasteiger partial charge in [0.1, 0.15) is 0 Å². The van der Waals surface area contributed by atoms with Crippen LogP contribution in [0.4, 0.5) is 0 Å². The van der Waals surface area contributed by atoms with Crippen molar-refractivity contribution in [3.8, 4) is 17.5 Å². The zero-order chi connectivity index (χ0) is 16.9. The second-order valence-corrected chi connectivity index (χ2v) is 6.28. The van der Waals surface area contributed by atoms with E-state index in [1.165, 1.54) is 0 Å². The zero-order valence-corrected chi connectivity index (χ0v) is 14.2. The average molecular weight is 325 g/mol. The van der Waals surface area contributed by atoms with Gasteiger partial charge in [0.25, 0.3) is 0 Å². The summed E-state index contributed by atoms with van der Waals surface area (Å²) in [5.41, 5.74) is 0.967. The Balaban J connectivity index is 1.61. The van der Waals surface area contributed by atoms with Crippen LogP contribution >= 0.6 is 0 Å². The minimum absolute atomic E-state index is 0.100. The summed E-state index contributed by atoms with van der Waals surface area (Å²) >= 11 is 0. The van der Waals surface area contributed by atoms with Gasteiger partial charge in [0.05, 0.1) is 18.5 Å². The summed E-state index contributed by atoms with van der Waals surface area (Å²) in [4.78, 5) is 9.29. The maximum Gasteiger partial charge on any atom is 0.244 e. The quantitative estimate of drug-likeness (QED) is 0.842. The molecule has 0 bridgehead atoms. The topological polar surface area (TPSA) is 69.2 Å². The molecule has 0 aliphatic carbocycles. The summed E-state index contributed by atoms with van der Waals surface area (Å²) in [6.07, 6.45) is 0.583. The number of benzene rings is 1. The second-order valence-electron chi connectivity index (χ2n) is 6.28. The maximum atomic E-state index is 8.84. The van der Waals surface area contributed by atoms with Gasteiger partial charge in [-0.05, 0) is 13.8 Å². The van der Waals surface area contributed by atoms with E-state index < -0.39 is 0 Å². The first-order chi connectivity index (χ1) is 11.7. The fourth-order valence-electron chi connectivity index (χ4n) is 3.09. The molecule has 2 heterocycles. The Morgan fingerprint density at radius 3 is 2.46 bits per heavy atom. The van der Waals surface area contributed by atoms with E-state index in [4.69, 9.17) is 9.78 Å². The molecule has 24 heavy (non-hydrogen) atoms. The molecule has 1 aromatic heterocycles. The van der Waals surface area contributed by atoms with Crippen molar-refractivity contribution in [2.75, 3.05) is 26.2 Å². The SMILES string of the molecule is C[C@H](CC#N)N1CCN([C@@H](C)c2nc(-c3ccccc3)no2)CC1. The first-order valence-electron chi connectivity index (χ1n) is 8.43. The van der Waals surface area contributed by atoms with Crippen molar-refractivity contribution in [3.63, 3.8) is 0 Å². The third-order valence-corrected chi connectivity index (χ3v) is 4.74. The first kappa shape index (κ1) is 16.6. The van der Waals surface area contributed by atoms with E-state index in [2.05, 4.69) is 39.9 Å². The van der Waals surface area contributed by atoms with Gasteiger partial charge in [0.2, 0.25) is 11.7 Å². The lowest BCUT2D eigenvalue weighted by molar-refractivity contribution is 0.0690. The molecule has 1 aliphatic rings. The van der Waals surface area contributed by atoms with Crippen LogP contribution in [0.2, 0.25) is 0 Å². The van der Waals surface area contributed by atoms with Crippen molar-refractivity contribution in [1.82, 2.24) is 19.9 Å². The van der Waals surface area contributed by atoms with Crippen LogP contribution in [0.15, 0.2) is 34.9 Å². The van der Waals surface area contributed by atoms with Gasteiger partial charge in [-0.2, -0.15) is 10.2 Å². The molecule has 126 valence electrons. The van der Waals surface area contributed by atoms with Crippen LogP contribution in [0.1, 0.15) is 32.2 Å². The Labute approximate surface area is 142 Å². The summed E-state index contributed by atoms with van der Waals surface area (Å²) in [6, 6.07) is 12.5. The highest BCUT2D eigenvalue weighted by atomic mass is 16.5. The largest absolute Gasteiger partial charge is 0.337 e. The second kappa shape index (κ2) is 7.56. The van der Waals surface area contributed by atoms with Gasteiger partial charge in [0.15, 0.2) is 0 Å². The molecule has 1 aliphatic heterocycles. The van der Waals surface area contributed by atoms with Crippen molar-refractivity contribution >= 4 is 0 Å². The molecule has 6 nitrogen and oxygen atoms in total. The van der Waals surface area contributed by atoms with E-state index in [-0.39, 0.29) is 6.04 Å². The van der Waals surface area contributed by atoms with Crippen LogP contribution in [0, 0.1) is 11.3 Å². The van der Waals surface area contributed by atoms with E-state index in [0.717, 1.165) is 31.7 Å². The molecule has 0 N–H and O–H groups in total. The van der Waals surface area contributed by atoms with Crippen LogP contribution in [0.25, 0.3) is 11.4 Å². The minimum Gasteiger partial charge on any atom is -0.337 e. The summed E-state index contributed by atoms with van der Waals surface area (Å²) in [6.45, 7) is 8.04. The molecule has 0 amide bonds. The van der Waals surface area contributed by atoms with Gasteiger partial charge < -0.3 is 4.52 Å².